The van der Waals surface area contributed by atoms with Crippen LogP contribution >= 0.6 is 0 Å². The number of nitrogens with one attached hydrogen (secondary N) is 1. The molecule has 5 rings (SSSR count). The minimum absolute atomic E-state index is 0.0802. The predicted octanol–water partition coefficient (Wildman–Crippen LogP) is 5.90. The number of carbonyl (C=O) groups is 1. The fourth-order valence-corrected chi connectivity index (χ4v) is 5.09. The number of ether oxygens (including phenoxy) is 1. The molecule has 0 fully saturated rings. The highest BCUT2D eigenvalue weighted by Crippen LogP contribution is 2.52. The molecule has 0 unspecified atom stereocenters. The van der Waals surface area contributed by atoms with Crippen LogP contribution in [-0.4, -0.2) is 12.9 Å². The van der Waals surface area contributed by atoms with Gasteiger partial charge in [0.1, 0.15) is 11.5 Å². The van der Waals surface area contributed by atoms with Crippen molar-refractivity contribution in [2.75, 3.05) is 12.4 Å². The number of methoxy groups -OCH3 is 1. The monoisotopic (exact) mass is 383 g/mol. The summed E-state index contributed by atoms with van der Waals surface area (Å²) in [5.41, 5.74) is 4.20. The summed E-state index contributed by atoms with van der Waals surface area (Å²) in [5.74, 6) is 0.811. The average Bonchev–Trinajstić information content (AvgIpc) is 2.71. The number of benzene rings is 3. The maximum absolute atomic E-state index is 13.5. The molecule has 0 spiro atoms. The van der Waals surface area contributed by atoms with E-state index in [1.807, 2.05) is 18.2 Å². The van der Waals surface area contributed by atoms with Gasteiger partial charge in [0.05, 0.1) is 13.0 Å². The van der Waals surface area contributed by atoms with Gasteiger partial charge in [-0.05, 0) is 33.9 Å². The summed E-state index contributed by atoms with van der Waals surface area (Å²) in [7, 11) is 1.70. The number of rotatable bonds is 2. The molecule has 29 heavy (non-hydrogen) atoms. The summed E-state index contributed by atoms with van der Waals surface area (Å²) in [5, 5.41) is 5.98. The van der Waals surface area contributed by atoms with E-state index in [1.165, 1.54) is 16.3 Å². The van der Waals surface area contributed by atoms with Gasteiger partial charge in [0.2, 0.25) is 0 Å². The molecule has 1 N–H and O–H groups in total. The Bertz CT molecular complexity index is 1160. The van der Waals surface area contributed by atoms with Crippen LogP contribution in [0.1, 0.15) is 37.3 Å². The molecular weight excluding hydrogens is 358 g/mol. The van der Waals surface area contributed by atoms with Gasteiger partial charge >= 0.3 is 0 Å². The number of hydrogen-bond acceptors (Lipinski definition) is 3. The van der Waals surface area contributed by atoms with E-state index in [-0.39, 0.29) is 23.0 Å². The molecule has 1 aliphatic carbocycles. The topological polar surface area (TPSA) is 38.3 Å². The molecule has 3 heteroatoms. The highest BCUT2D eigenvalue weighted by atomic mass is 16.5. The Hall–Kier alpha value is -3.07. The first kappa shape index (κ1) is 18.0. The summed E-state index contributed by atoms with van der Waals surface area (Å²) in [6.45, 7) is 4.26. The molecule has 1 aliphatic heterocycles. The van der Waals surface area contributed by atoms with Crippen molar-refractivity contribution < 1.29 is 9.53 Å². The van der Waals surface area contributed by atoms with Crippen LogP contribution in [0.25, 0.3) is 10.8 Å². The first-order valence-electron chi connectivity index (χ1n) is 10.2. The van der Waals surface area contributed by atoms with E-state index in [2.05, 4.69) is 67.7 Å². The summed E-state index contributed by atoms with van der Waals surface area (Å²) in [6, 6.07) is 20.8. The van der Waals surface area contributed by atoms with E-state index in [4.69, 9.17) is 4.74 Å². The maximum Gasteiger partial charge on any atom is 0.143 e. The SMILES string of the molecule is COc1ccccc1[C@H]1c2c(ccc3ccccc23)NC2=CC(C)(C)CC(=O)[C@@H]21. The molecule has 0 aromatic heterocycles. The fraction of sp³-hybridized carbons (Fsp3) is 0.269. The van der Waals surface area contributed by atoms with Gasteiger partial charge in [-0.15, -0.1) is 0 Å². The molecular formula is C26H25NO2. The lowest BCUT2D eigenvalue weighted by Gasteiger charge is -2.42. The number of anilines is 1. The van der Waals surface area contributed by atoms with E-state index < -0.39 is 0 Å². The Morgan fingerprint density at radius 2 is 1.72 bits per heavy atom. The Morgan fingerprint density at radius 3 is 2.55 bits per heavy atom. The van der Waals surface area contributed by atoms with Gasteiger partial charge in [-0.25, -0.2) is 0 Å². The largest absolute Gasteiger partial charge is 0.496 e. The van der Waals surface area contributed by atoms with Gasteiger partial charge in [-0.2, -0.15) is 0 Å². The lowest BCUT2D eigenvalue weighted by molar-refractivity contribution is -0.124. The van der Waals surface area contributed by atoms with Crippen molar-refractivity contribution in [3.05, 3.63) is 83.6 Å². The quantitative estimate of drug-likeness (QED) is 0.598. The third kappa shape index (κ3) is 2.84. The minimum Gasteiger partial charge on any atom is -0.496 e. The van der Waals surface area contributed by atoms with Crippen molar-refractivity contribution in [2.24, 2.45) is 11.3 Å². The van der Waals surface area contributed by atoms with E-state index in [9.17, 15) is 4.79 Å². The van der Waals surface area contributed by atoms with Crippen LogP contribution in [0.4, 0.5) is 5.69 Å². The van der Waals surface area contributed by atoms with Crippen molar-refractivity contribution >= 4 is 22.2 Å². The Morgan fingerprint density at radius 1 is 0.966 bits per heavy atom. The van der Waals surface area contributed by atoms with Crippen LogP contribution in [0.15, 0.2) is 72.4 Å². The standard InChI is InChI=1S/C26H25NO2/c1-26(2)14-20-25(21(28)15-26)24(18-10-6-7-11-22(18)29-3)23-17-9-5-4-8-16(17)12-13-19(23)27-20/h4-14,24-25,27H,15H2,1-3H3/t24-,25+/m0/s1. The number of ketones is 1. The predicted molar refractivity (Wildman–Crippen MR) is 117 cm³/mol. The number of para-hydroxylation sites is 1. The van der Waals surface area contributed by atoms with Gasteiger partial charge < -0.3 is 10.1 Å². The van der Waals surface area contributed by atoms with Crippen LogP contribution in [0.5, 0.6) is 5.75 Å². The number of hydrogen-bond donors (Lipinski definition) is 1. The van der Waals surface area contributed by atoms with Crippen LogP contribution in [0.2, 0.25) is 0 Å². The Kier molecular flexibility index (Phi) is 4.02. The Labute approximate surface area is 171 Å². The third-order valence-electron chi connectivity index (χ3n) is 6.23. The minimum atomic E-state index is -0.224. The highest BCUT2D eigenvalue weighted by molar-refractivity contribution is 5.97. The maximum atomic E-state index is 13.5. The highest BCUT2D eigenvalue weighted by Gasteiger charge is 2.45. The third-order valence-corrected chi connectivity index (χ3v) is 6.23. The van der Waals surface area contributed by atoms with Crippen molar-refractivity contribution in [3.8, 4) is 5.75 Å². The molecule has 2 atom stereocenters. The number of allylic oxidation sites excluding steroid dienone is 2. The van der Waals surface area contributed by atoms with Crippen LogP contribution in [-0.2, 0) is 4.79 Å². The zero-order valence-electron chi connectivity index (χ0n) is 17.0. The van der Waals surface area contributed by atoms with E-state index in [0.29, 0.717) is 6.42 Å². The summed E-state index contributed by atoms with van der Waals surface area (Å²) >= 11 is 0. The van der Waals surface area contributed by atoms with Gasteiger partial charge in [-0.3, -0.25) is 4.79 Å². The summed E-state index contributed by atoms with van der Waals surface area (Å²) in [6.07, 6.45) is 2.80. The van der Waals surface area contributed by atoms with Crippen LogP contribution in [0, 0.1) is 11.3 Å². The number of Topliss-reactive ketones (excluding diaryl/α,β-unsaturated/α-hetero) is 1. The molecule has 0 saturated heterocycles. The van der Waals surface area contributed by atoms with Crippen molar-refractivity contribution in [3.63, 3.8) is 0 Å². The molecule has 0 bridgehead atoms. The van der Waals surface area contributed by atoms with E-state index in [0.717, 1.165) is 22.7 Å². The molecule has 3 aromatic carbocycles. The lowest BCUT2D eigenvalue weighted by atomic mass is 9.66. The summed E-state index contributed by atoms with van der Waals surface area (Å²) in [4.78, 5) is 13.5. The van der Waals surface area contributed by atoms with Gasteiger partial charge in [0, 0.05) is 29.3 Å². The molecule has 0 radical (unpaired) electrons. The van der Waals surface area contributed by atoms with Gasteiger partial charge in [0.25, 0.3) is 0 Å². The van der Waals surface area contributed by atoms with Gasteiger partial charge in [-0.1, -0.05) is 68.5 Å². The second-order valence-electron chi connectivity index (χ2n) is 8.80. The average molecular weight is 383 g/mol. The second kappa shape index (κ2) is 6.48. The molecule has 0 saturated carbocycles. The fourth-order valence-electron chi connectivity index (χ4n) is 5.09. The first-order chi connectivity index (χ1) is 14.0. The molecule has 3 aromatic rings. The van der Waals surface area contributed by atoms with Gasteiger partial charge in [0.15, 0.2) is 0 Å². The number of fused-ring (bicyclic) bond motifs is 4. The van der Waals surface area contributed by atoms with E-state index in [1.54, 1.807) is 7.11 Å². The van der Waals surface area contributed by atoms with Crippen molar-refractivity contribution in [2.45, 2.75) is 26.2 Å². The van der Waals surface area contributed by atoms with E-state index >= 15 is 0 Å². The normalized spacial score (nSPS) is 22.3. The first-order valence-corrected chi connectivity index (χ1v) is 10.2. The molecule has 2 aliphatic rings. The smallest absolute Gasteiger partial charge is 0.143 e. The van der Waals surface area contributed by atoms with Crippen molar-refractivity contribution in [1.82, 2.24) is 0 Å². The molecule has 146 valence electrons. The lowest BCUT2D eigenvalue weighted by Crippen LogP contribution is -2.39. The number of carbonyl (C=O) groups excluding carboxylic acids is 1. The summed E-state index contributed by atoms with van der Waals surface area (Å²) < 4.78 is 5.73. The zero-order chi connectivity index (χ0) is 20.2. The molecule has 1 heterocycles. The zero-order valence-corrected chi connectivity index (χ0v) is 17.0. The second-order valence-corrected chi connectivity index (χ2v) is 8.80. The van der Waals surface area contributed by atoms with Crippen LogP contribution < -0.4 is 10.1 Å². The Balaban J connectivity index is 1.85. The molecule has 3 nitrogen and oxygen atoms in total. The van der Waals surface area contributed by atoms with Crippen LogP contribution in [0.3, 0.4) is 0 Å². The van der Waals surface area contributed by atoms with Crippen molar-refractivity contribution in [1.29, 1.82) is 0 Å². The molecule has 0 amide bonds.